The molecule has 0 bridgehead atoms. The van der Waals surface area contributed by atoms with E-state index in [1.807, 2.05) is 30.3 Å². The molecule has 10 nitrogen and oxygen atoms in total. The molecule has 54 heavy (non-hydrogen) atoms. The Labute approximate surface area is 322 Å². The lowest BCUT2D eigenvalue weighted by Gasteiger charge is -2.35. The van der Waals surface area contributed by atoms with Gasteiger partial charge in [-0.2, -0.15) is 5.26 Å². The van der Waals surface area contributed by atoms with Gasteiger partial charge in [-0.3, -0.25) is 9.88 Å². The number of piperidine rings is 1. The largest absolute Gasteiger partial charge is 0.511 e. The molecule has 1 aromatic heterocycles. The normalized spacial score (nSPS) is 20.0. The summed E-state index contributed by atoms with van der Waals surface area (Å²) in [5.41, 5.74) is 6.26. The zero-order chi connectivity index (χ0) is 37.6. The minimum atomic E-state index is -0.231. The highest BCUT2D eigenvalue weighted by atomic mass is 35.5. The van der Waals surface area contributed by atoms with Gasteiger partial charge >= 0.3 is 0 Å². The van der Waals surface area contributed by atoms with E-state index >= 15 is 0 Å². The Bertz CT molecular complexity index is 2020. The van der Waals surface area contributed by atoms with Crippen molar-refractivity contribution in [2.24, 2.45) is 0 Å². The maximum absolute atomic E-state index is 10.3. The van der Waals surface area contributed by atoms with Gasteiger partial charge < -0.3 is 34.1 Å². The van der Waals surface area contributed by atoms with Gasteiger partial charge in [0.15, 0.2) is 11.5 Å². The highest BCUT2D eigenvalue weighted by Crippen LogP contribution is 2.39. The number of β-amino-alcohol motifs (C(OH)–C–C–N with tert-alkyl or cyclic N) is 1. The van der Waals surface area contributed by atoms with Crippen LogP contribution in [0.4, 0.5) is 0 Å². The predicted molar refractivity (Wildman–Crippen MR) is 207 cm³/mol. The summed E-state index contributed by atoms with van der Waals surface area (Å²) in [5.74, 6) is 2.73. The molecule has 3 aromatic carbocycles. The van der Waals surface area contributed by atoms with Crippen molar-refractivity contribution in [3.63, 3.8) is 0 Å². The van der Waals surface area contributed by atoms with Crippen LogP contribution in [0, 0.1) is 18.3 Å². The lowest BCUT2D eigenvalue weighted by Crippen LogP contribution is -2.40. The van der Waals surface area contributed by atoms with Crippen LogP contribution in [0.15, 0.2) is 79.3 Å². The molecule has 2 N–H and O–H groups in total. The molecule has 7 rings (SSSR count). The highest BCUT2D eigenvalue weighted by molar-refractivity contribution is 6.32. The molecule has 3 atom stereocenters. The van der Waals surface area contributed by atoms with Gasteiger partial charge in [0.05, 0.1) is 22.7 Å². The Balaban J connectivity index is 1.07. The number of hydrogen-bond donors (Lipinski definition) is 2. The third kappa shape index (κ3) is 8.94. The van der Waals surface area contributed by atoms with Crippen LogP contribution in [0.25, 0.3) is 11.1 Å². The molecule has 0 saturated carbocycles. The van der Waals surface area contributed by atoms with Gasteiger partial charge in [0, 0.05) is 62.2 Å². The summed E-state index contributed by atoms with van der Waals surface area (Å²) in [4.78, 5) is 8.66. The molecule has 0 radical (unpaired) electrons. The van der Waals surface area contributed by atoms with Gasteiger partial charge in [0.1, 0.15) is 49.3 Å². The number of halogens is 1. The maximum Gasteiger partial charge on any atom is 0.162 e. The SMILES string of the molecule is C=C(O)[C@@H]1CCCCN1Cc1cc(Cl)c(OCc2cccc(-c3ccc4c(c3)OC(CCN3CC[C@@H](O)C3)CO4)c2C)cc1OCc1cncc(C#N)c1. The Morgan fingerprint density at radius 1 is 1.02 bits per heavy atom. The molecule has 4 aromatic rings. The van der Waals surface area contributed by atoms with Crippen LogP contribution in [0.2, 0.25) is 5.02 Å². The van der Waals surface area contributed by atoms with Crippen molar-refractivity contribution >= 4 is 11.6 Å². The molecule has 2 fully saturated rings. The number of aliphatic hydroxyl groups excluding tert-OH is 2. The second kappa shape index (κ2) is 17.1. The number of ether oxygens (including phenoxy) is 4. The minimum Gasteiger partial charge on any atom is -0.511 e. The van der Waals surface area contributed by atoms with Crippen molar-refractivity contribution in [1.82, 2.24) is 14.8 Å². The number of aliphatic hydroxyl groups is 2. The average Bonchev–Trinajstić information content (AvgIpc) is 3.61. The van der Waals surface area contributed by atoms with E-state index in [1.165, 1.54) is 6.20 Å². The first-order valence-corrected chi connectivity index (χ1v) is 19.1. The van der Waals surface area contributed by atoms with Gasteiger partial charge in [-0.1, -0.05) is 48.9 Å². The first-order valence-electron chi connectivity index (χ1n) is 18.7. The third-order valence-corrected chi connectivity index (χ3v) is 10.9. The predicted octanol–water partition coefficient (Wildman–Crippen LogP) is 7.76. The molecular formula is C43H47ClN4O6. The van der Waals surface area contributed by atoms with E-state index in [1.54, 1.807) is 12.3 Å². The second-order valence-electron chi connectivity index (χ2n) is 14.5. The molecule has 2 saturated heterocycles. The van der Waals surface area contributed by atoms with Gasteiger partial charge in [-0.25, -0.2) is 0 Å². The molecule has 0 aliphatic carbocycles. The van der Waals surface area contributed by atoms with Gasteiger partial charge in [-0.05, 0) is 79.3 Å². The third-order valence-electron chi connectivity index (χ3n) is 10.6. The van der Waals surface area contributed by atoms with Crippen LogP contribution in [0.1, 0.15) is 59.9 Å². The average molecular weight is 751 g/mol. The fourth-order valence-electron chi connectivity index (χ4n) is 7.59. The number of rotatable bonds is 13. The Morgan fingerprint density at radius 3 is 2.70 bits per heavy atom. The van der Waals surface area contributed by atoms with Gasteiger partial charge in [0.2, 0.25) is 0 Å². The first kappa shape index (κ1) is 37.5. The first-order chi connectivity index (χ1) is 26.2. The zero-order valence-electron chi connectivity index (χ0n) is 30.7. The molecule has 0 spiro atoms. The fraction of sp³-hybridized carbons (Fsp3) is 0.395. The van der Waals surface area contributed by atoms with E-state index in [9.17, 15) is 15.5 Å². The smallest absolute Gasteiger partial charge is 0.162 e. The number of fused-ring (bicyclic) bond motifs is 1. The quantitative estimate of drug-likeness (QED) is 0.131. The Hall–Kier alpha value is -4.79. The summed E-state index contributed by atoms with van der Waals surface area (Å²) in [5, 5.41) is 30.0. The number of pyridine rings is 1. The van der Waals surface area contributed by atoms with Crippen molar-refractivity contribution in [1.29, 1.82) is 5.26 Å². The van der Waals surface area contributed by atoms with E-state index in [-0.39, 0.29) is 37.2 Å². The Morgan fingerprint density at radius 2 is 1.89 bits per heavy atom. The van der Waals surface area contributed by atoms with Gasteiger partial charge in [0.25, 0.3) is 0 Å². The van der Waals surface area contributed by atoms with Crippen molar-refractivity contribution < 1.29 is 29.2 Å². The van der Waals surface area contributed by atoms with E-state index in [0.29, 0.717) is 35.2 Å². The molecule has 11 heteroatoms. The molecule has 1 unspecified atom stereocenters. The summed E-state index contributed by atoms with van der Waals surface area (Å²) in [7, 11) is 0. The Kier molecular flexibility index (Phi) is 11.9. The van der Waals surface area contributed by atoms with Crippen molar-refractivity contribution in [3.05, 3.63) is 112 Å². The van der Waals surface area contributed by atoms with Crippen LogP contribution in [0.3, 0.4) is 0 Å². The molecule has 4 heterocycles. The van der Waals surface area contributed by atoms with Crippen LogP contribution in [-0.2, 0) is 19.8 Å². The van der Waals surface area contributed by atoms with E-state index < -0.39 is 0 Å². The molecule has 282 valence electrons. The standard InChI is InChI=1S/C43H47ClN4O6/c1-28-33(6-5-7-37(28)32-9-10-40-43(18-32)54-36(27-53-40)12-15-47-14-11-35(50)24-47)26-52-42-19-41(51-25-31-16-30(20-45)21-46-22-31)34(17-38(42)44)23-48-13-4-3-8-39(48)29(2)49/h5-7,9-10,16-19,21-22,35-36,39,49-50H,2-4,8,11-15,23-27H2,1H3/t35-,36?,39+/m1/s1. The number of aromatic nitrogens is 1. The number of nitrogens with zero attached hydrogens (tertiary/aromatic N) is 4. The molecule has 0 amide bonds. The zero-order valence-corrected chi connectivity index (χ0v) is 31.4. The summed E-state index contributed by atoms with van der Waals surface area (Å²) < 4.78 is 25.3. The minimum absolute atomic E-state index is 0.0499. The van der Waals surface area contributed by atoms with Crippen LogP contribution >= 0.6 is 11.6 Å². The fourth-order valence-corrected chi connectivity index (χ4v) is 7.83. The number of benzene rings is 3. The monoisotopic (exact) mass is 750 g/mol. The lowest BCUT2D eigenvalue weighted by atomic mass is 9.96. The number of hydrogen-bond acceptors (Lipinski definition) is 10. The number of likely N-dealkylation sites (tertiary alicyclic amines) is 2. The summed E-state index contributed by atoms with van der Waals surface area (Å²) in [6.45, 7) is 10.7. The van der Waals surface area contributed by atoms with Crippen LogP contribution < -0.4 is 18.9 Å². The van der Waals surface area contributed by atoms with Crippen molar-refractivity contribution in [2.45, 2.75) is 77.0 Å². The van der Waals surface area contributed by atoms with Crippen LogP contribution in [0.5, 0.6) is 23.0 Å². The summed E-state index contributed by atoms with van der Waals surface area (Å²) in [6, 6.07) is 19.7. The van der Waals surface area contributed by atoms with E-state index in [0.717, 1.165) is 103 Å². The van der Waals surface area contributed by atoms with Crippen LogP contribution in [-0.4, -0.2) is 76.0 Å². The summed E-state index contributed by atoms with van der Waals surface area (Å²) >= 11 is 6.90. The van der Waals surface area contributed by atoms with E-state index in [4.69, 9.17) is 30.5 Å². The van der Waals surface area contributed by atoms with Gasteiger partial charge in [-0.15, -0.1) is 0 Å². The molecule has 3 aliphatic heterocycles. The molecular weight excluding hydrogens is 704 g/mol. The lowest BCUT2D eigenvalue weighted by molar-refractivity contribution is 0.0757. The molecule has 3 aliphatic rings. The number of nitriles is 1. The second-order valence-corrected chi connectivity index (χ2v) is 14.9. The van der Waals surface area contributed by atoms with Crippen molar-refractivity contribution in [2.75, 3.05) is 32.8 Å². The van der Waals surface area contributed by atoms with Crippen molar-refractivity contribution in [3.8, 4) is 40.2 Å². The maximum atomic E-state index is 10.3. The van der Waals surface area contributed by atoms with E-state index in [2.05, 4.69) is 52.6 Å². The highest BCUT2D eigenvalue weighted by Gasteiger charge is 2.27. The topological polar surface area (TPSA) is 121 Å². The summed E-state index contributed by atoms with van der Waals surface area (Å²) in [6.07, 6.45) is 7.48.